The number of rotatable bonds is 5. The van der Waals surface area contributed by atoms with Gasteiger partial charge in [0.05, 0.1) is 5.92 Å². The van der Waals surface area contributed by atoms with Crippen molar-refractivity contribution in [3.05, 3.63) is 71.8 Å². The topological polar surface area (TPSA) is 49.4 Å². The van der Waals surface area contributed by atoms with E-state index in [1.54, 1.807) is 0 Å². The third kappa shape index (κ3) is 4.31. The lowest BCUT2D eigenvalue weighted by molar-refractivity contribution is -0.133. The number of nitrogens with zero attached hydrogens (tertiary/aromatic N) is 1. The Morgan fingerprint density at radius 1 is 0.962 bits per heavy atom. The molecule has 1 fully saturated rings. The molecule has 0 saturated carbocycles. The number of likely N-dealkylation sites (tertiary alicyclic amines) is 1. The van der Waals surface area contributed by atoms with E-state index < -0.39 is 0 Å². The van der Waals surface area contributed by atoms with Gasteiger partial charge in [0.25, 0.3) is 0 Å². The molecule has 1 heterocycles. The van der Waals surface area contributed by atoms with E-state index in [1.807, 2.05) is 72.5 Å². The van der Waals surface area contributed by atoms with Gasteiger partial charge in [-0.3, -0.25) is 9.59 Å². The minimum atomic E-state index is -0.279. The number of carbonyl (C=O) groups is 2. The van der Waals surface area contributed by atoms with Crippen LogP contribution in [0.3, 0.4) is 0 Å². The Morgan fingerprint density at radius 3 is 1.92 bits per heavy atom. The van der Waals surface area contributed by atoms with Crippen LogP contribution in [0.15, 0.2) is 60.7 Å². The molecule has 0 unspecified atom stereocenters. The van der Waals surface area contributed by atoms with Crippen molar-refractivity contribution in [2.24, 2.45) is 0 Å². The van der Waals surface area contributed by atoms with Gasteiger partial charge in [-0.05, 0) is 24.0 Å². The first-order valence-corrected chi connectivity index (χ1v) is 9.37. The van der Waals surface area contributed by atoms with E-state index in [-0.39, 0.29) is 23.8 Å². The summed E-state index contributed by atoms with van der Waals surface area (Å²) in [6.07, 6.45) is 2.13. The van der Waals surface area contributed by atoms with Gasteiger partial charge in [0, 0.05) is 25.6 Å². The van der Waals surface area contributed by atoms with Gasteiger partial charge in [-0.25, -0.2) is 0 Å². The molecule has 0 aliphatic carbocycles. The molecular weight excluding hydrogens is 324 g/mol. The molecule has 3 rings (SSSR count). The van der Waals surface area contributed by atoms with Crippen molar-refractivity contribution < 1.29 is 9.59 Å². The van der Waals surface area contributed by atoms with Crippen molar-refractivity contribution in [1.29, 1.82) is 0 Å². The molecule has 4 nitrogen and oxygen atoms in total. The third-order valence-electron chi connectivity index (χ3n) is 5.01. The Balaban J connectivity index is 1.74. The number of piperidine rings is 1. The number of carbonyl (C=O) groups excluding carboxylic acids is 2. The van der Waals surface area contributed by atoms with Gasteiger partial charge in [0.15, 0.2) is 0 Å². The second-order valence-corrected chi connectivity index (χ2v) is 6.78. The molecule has 4 heteroatoms. The van der Waals surface area contributed by atoms with Crippen LogP contribution < -0.4 is 5.32 Å². The van der Waals surface area contributed by atoms with Crippen LogP contribution in [-0.4, -0.2) is 35.8 Å². The molecule has 26 heavy (non-hydrogen) atoms. The fourth-order valence-electron chi connectivity index (χ4n) is 3.53. The van der Waals surface area contributed by atoms with Crippen LogP contribution in [0.1, 0.15) is 43.2 Å². The highest BCUT2D eigenvalue weighted by Gasteiger charge is 2.30. The monoisotopic (exact) mass is 350 g/mol. The summed E-state index contributed by atoms with van der Waals surface area (Å²) in [5.41, 5.74) is 2.04. The Hall–Kier alpha value is -2.62. The Labute approximate surface area is 155 Å². The fraction of sp³-hybridized carbons (Fsp3) is 0.364. The summed E-state index contributed by atoms with van der Waals surface area (Å²) in [5, 5.41) is 3.04. The fourth-order valence-corrected chi connectivity index (χ4v) is 3.53. The van der Waals surface area contributed by atoms with Crippen LogP contribution in [0.5, 0.6) is 0 Å². The molecule has 0 radical (unpaired) electrons. The summed E-state index contributed by atoms with van der Waals surface area (Å²) in [5.74, 6) is -0.0527. The normalized spacial score (nSPS) is 15.1. The molecule has 2 aromatic carbocycles. The molecule has 0 atom stereocenters. The summed E-state index contributed by atoms with van der Waals surface area (Å²) in [4.78, 5) is 26.8. The van der Waals surface area contributed by atoms with Crippen molar-refractivity contribution in [2.75, 3.05) is 13.1 Å². The van der Waals surface area contributed by atoms with Crippen LogP contribution in [0.2, 0.25) is 0 Å². The van der Waals surface area contributed by atoms with Gasteiger partial charge in [-0.2, -0.15) is 0 Å². The second kappa shape index (κ2) is 8.65. The molecule has 1 aliphatic rings. The zero-order valence-corrected chi connectivity index (χ0v) is 15.2. The lowest BCUT2D eigenvalue weighted by atomic mass is 9.89. The summed E-state index contributed by atoms with van der Waals surface area (Å²) in [6.45, 7) is 3.23. The summed E-state index contributed by atoms with van der Waals surface area (Å²) in [6, 6.07) is 20.1. The highest BCUT2D eigenvalue weighted by Crippen LogP contribution is 2.28. The second-order valence-electron chi connectivity index (χ2n) is 6.78. The minimum absolute atomic E-state index is 0.0845. The minimum Gasteiger partial charge on any atom is -0.353 e. The number of hydrogen-bond donors (Lipinski definition) is 1. The van der Waals surface area contributed by atoms with Gasteiger partial charge in [-0.15, -0.1) is 0 Å². The Morgan fingerprint density at radius 2 is 1.46 bits per heavy atom. The van der Waals surface area contributed by atoms with Crippen molar-refractivity contribution >= 4 is 11.8 Å². The first-order valence-electron chi connectivity index (χ1n) is 9.37. The van der Waals surface area contributed by atoms with E-state index in [0.717, 1.165) is 24.0 Å². The first kappa shape index (κ1) is 18.2. The lowest BCUT2D eigenvalue weighted by Gasteiger charge is -2.34. The molecule has 1 aliphatic heterocycles. The van der Waals surface area contributed by atoms with Gasteiger partial charge >= 0.3 is 0 Å². The number of nitrogens with one attached hydrogen (secondary N) is 1. The maximum atomic E-state index is 13.3. The molecule has 2 amide bonds. The van der Waals surface area contributed by atoms with Crippen LogP contribution >= 0.6 is 0 Å². The molecule has 1 N–H and O–H groups in total. The highest BCUT2D eigenvalue weighted by atomic mass is 16.2. The average molecular weight is 350 g/mol. The summed E-state index contributed by atoms with van der Waals surface area (Å²) >= 11 is 0. The van der Waals surface area contributed by atoms with Gasteiger partial charge < -0.3 is 10.2 Å². The first-order chi connectivity index (χ1) is 12.7. The van der Waals surface area contributed by atoms with Crippen molar-refractivity contribution in [3.63, 3.8) is 0 Å². The van der Waals surface area contributed by atoms with Crippen molar-refractivity contribution in [2.45, 2.75) is 38.1 Å². The van der Waals surface area contributed by atoms with Gasteiger partial charge in [-0.1, -0.05) is 67.6 Å². The largest absolute Gasteiger partial charge is 0.353 e. The van der Waals surface area contributed by atoms with Crippen LogP contribution in [-0.2, 0) is 9.59 Å². The van der Waals surface area contributed by atoms with E-state index in [9.17, 15) is 9.59 Å². The van der Waals surface area contributed by atoms with Crippen LogP contribution in [0, 0.1) is 0 Å². The maximum Gasteiger partial charge on any atom is 0.234 e. The van der Waals surface area contributed by atoms with Crippen molar-refractivity contribution in [1.82, 2.24) is 10.2 Å². The third-order valence-corrected chi connectivity index (χ3v) is 5.01. The maximum absolute atomic E-state index is 13.3. The number of hydrogen-bond acceptors (Lipinski definition) is 2. The zero-order chi connectivity index (χ0) is 18.4. The van der Waals surface area contributed by atoms with Crippen LogP contribution in [0.4, 0.5) is 0 Å². The Kier molecular flexibility index (Phi) is 6.05. The van der Waals surface area contributed by atoms with Crippen LogP contribution in [0.25, 0.3) is 0 Å². The molecule has 0 aromatic heterocycles. The predicted molar refractivity (Wildman–Crippen MR) is 103 cm³/mol. The standard InChI is InChI=1S/C22H26N2O2/c1-2-20(25)23-19-13-15-24(16-14-19)22(26)21(17-9-5-3-6-10-17)18-11-7-4-8-12-18/h3-12,19,21H,2,13-16H2,1H3,(H,23,25). The number of amides is 2. The summed E-state index contributed by atoms with van der Waals surface area (Å²) < 4.78 is 0. The molecule has 136 valence electrons. The van der Waals surface area contributed by atoms with E-state index in [2.05, 4.69) is 5.32 Å². The molecule has 0 bridgehead atoms. The van der Waals surface area contributed by atoms with Gasteiger partial charge in [0.1, 0.15) is 0 Å². The summed E-state index contributed by atoms with van der Waals surface area (Å²) in [7, 11) is 0. The smallest absolute Gasteiger partial charge is 0.234 e. The number of benzene rings is 2. The zero-order valence-electron chi connectivity index (χ0n) is 15.2. The highest BCUT2D eigenvalue weighted by molar-refractivity contribution is 5.87. The predicted octanol–water partition coefficient (Wildman–Crippen LogP) is 3.34. The molecule has 0 spiro atoms. The van der Waals surface area contributed by atoms with E-state index in [4.69, 9.17) is 0 Å². The van der Waals surface area contributed by atoms with E-state index >= 15 is 0 Å². The SMILES string of the molecule is CCC(=O)NC1CCN(C(=O)C(c2ccccc2)c2ccccc2)CC1. The van der Waals surface area contributed by atoms with E-state index in [0.29, 0.717) is 19.5 Å². The van der Waals surface area contributed by atoms with Gasteiger partial charge in [0.2, 0.25) is 11.8 Å². The lowest BCUT2D eigenvalue weighted by Crippen LogP contribution is -2.47. The van der Waals surface area contributed by atoms with E-state index in [1.165, 1.54) is 0 Å². The van der Waals surface area contributed by atoms with Crippen molar-refractivity contribution in [3.8, 4) is 0 Å². The molecule has 2 aromatic rings. The average Bonchev–Trinajstić information content (AvgIpc) is 2.70. The quantitative estimate of drug-likeness (QED) is 0.899. The Bertz CT molecular complexity index is 683. The molecule has 1 saturated heterocycles. The molecular formula is C22H26N2O2.